The van der Waals surface area contributed by atoms with Crippen LogP contribution in [0.5, 0.6) is 0 Å². The topological polar surface area (TPSA) is 26.9 Å². The SMILES string of the molecule is CCCCCCCCCC(CCC)c1cc[n+]([O-])cc1. The van der Waals surface area contributed by atoms with Crippen LogP contribution in [0.25, 0.3) is 0 Å². The van der Waals surface area contributed by atoms with Gasteiger partial charge in [0.15, 0.2) is 12.4 Å². The fourth-order valence-corrected chi connectivity index (χ4v) is 2.87. The number of pyridine rings is 1. The third-order valence-corrected chi connectivity index (χ3v) is 4.09. The molecule has 1 rings (SSSR count). The first-order valence-electron chi connectivity index (χ1n) is 8.46. The van der Waals surface area contributed by atoms with E-state index in [9.17, 15) is 5.21 Å². The Bertz CT molecular complexity index is 334. The van der Waals surface area contributed by atoms with E-state index in [1.165, 1.54) is 69.8 Å². The quantitative estimate of drug-likeness (QED) is 0.304. The minimum Gasteiger partial charge on any atom is -0.619 e. The Morgan fingerprint density at radius 3 is 2.05 bits per heavy atom. The predicted octanol–water partition coefficient (Wildman–Crippen LogP) is 5.34. The molecule has 1 heterocycles. The predicted molar refractivity (Wildman–Crippen MR) is 85.7 cm³/mol. The molecule has 0 radical (unpaired) electrons. The van der Waals surface area contributed by atoms with Crippen molar-refractivity contribution < 1.29 is 4.73 Å². The van der Waals surface area contributed by atoms with Gasteiger partial charge in [0.1, 0.15) is 0 Å². The summed E-state index contributed by atoms with van der Waals surface area (Å²) in [6.45, 7) is 4.51. The van der Waals surface area contributed by atoms with Gasteiger partial charge in [-0.15, -0.1) is 0 Å². The molecule has 1 aromatic heterocycles. The lowest BCUT2D eigenvalue weighted by molar-refractivity contribution is -0.605. The van der Waals surface area contributed by atoms with Crippen LogP contribution >= 0.6 is 0 Å². The second-order valence-electron chi connectivity index (χ2n) is 5.89. The molecule has 0 N–H and O–H groups in total. The molecule has 1 atom stereocenters. The van der Waals surface area contributed by atoms with E-state index in [1.807, 2.05) is 12.1 Å². The van der Waals surface area contributed by atoms with E-state index in [0.717, 1.165) is 4.73 Å². The summed E-state index contributed by atoms with van der Waals surface area (Å²) in [6.07, 6.45) is 16.5. The molecule has 1 unspecified atom stereocenters. The molecule has 0 saturated heterocycles. The molecule has 0 fully saturated rings. The third kappa shape index (κ3) is 6.93. The highest BCUT2D eigenvalue weighted by molar-refractivity contribution is 5.13. The zero-order valence-corrected chi connectivity index (χ0v) is 13.3. The lowest BCUT2D eigenvalue weighted by Crippen LogP contribution is -2.24. The van der Waals surface area contributed by atoms with Crippen LogP contribution in [0.15, 0.2) is 24.5 Å². The van der Waals surface area contributed by atoms with Crippen molar-refractivity contribution in [2.45, 2.75) is 84.0 Å². The monoisotopic (exact) mass is 277 g/mol. The van der Waals surface area contributed by atoms with Gasteiger partial charge < -0.3 is 5.21 Å². The van der Waals surface area contributed by atoms with Crippen molar-refractivity contribution in [2.75, 3.05) is 0 Å². The van der Waals surface area contributed by atoms with Gasteiger partial charge in [0.25, 0.3) is 0 Å². The Hall–Kier alpha value is -1.05. The highest BCUT2D eigenvalue weighted by Crippen LogP contribution is 2.26. The highest BCUT2D eigenvalue weighted by atomic mass is 16.5. The Labute approximate surface area is 124 Å². The summed E-state index contributed by atoms with van der Waals surface area (Å²) >= 11 is 0. The second-order valence-corrected chi connectivity index (χ2v) is 5.89. The van der Waals surface area contributed by atoms with Crippen LogP contribution in [-0.4, -0.2) is 0 Å². The second kappa shape index (κ2) is 10.7. The zero-order valence-electron chi connectivity index (χ0n) is 13.3. The van der Waals surface area contributed by atoms with Crippen LogP contribution in [-0.2, 0) is 0 Å². The van der Waals surface area contributed by atoms with Crippen LogP contribution in [0.4, 0.5) is 0 Å². The van der Waals surface area contributed by atoms with E-state index in [4.69, 9.17) is 0 Å². The number of nitrogens with zero attached hydrogens (tertiary/aromatic N) is 1. The molecular formula is C18H31NO. The first-order chi connectivity index (χ1) is 9.77. The first-order valence-corrected chi connectivity index (χ1v) is 8.46. The van der Waals surface area contributed by atoms with Crippen molar-refractivity contribution in [2.24, 2.45) is 0 Å². The molecule has 0 aliphatic rings. The molecule has 2 nitrogen and oxygen atoms in total. The van der Waals surface area contributed by atoms with Crippen LogP contribution in [0.3, 0.4) is 0 Å². The minimum absolute atomic E-state index is 0.636. The van der Waals surface area contributed by atoms with Crippen molar-refractivity contribution in [3.63, 3.8) is 0 Å². The van der Waals surface area contributed by atoms with Crippen molar-refractivity contribution in [3.05, 3.63) is 35.3 Å². The van der Waals surface area contributed by atoms with Gasteiger partial charge in [0.05, 0.1) is 0 Å². The molecule has 114 valence electrons. The summed E-state index contributed by atoms with van der Waals surface area (Å²) in [5.41, 5.74) is 1.34. The standard InChI is InChI=1S/C18H31NO/c1-3-5-6-7-8-9-10-12-17(11-4-2)18-13-15-19(20)16-14-18/h13-17H,3-12H2,1-2H3. The Morgan fingerprint density at radius 2 is 1.45 bits per heavy atom. The van der Waals surface area contributed by atoms with E-state index in [1.54, 1.807) is 12.4 Å². The molecular weight excluding hydrogens is 246 g/mol. The van der Waals surface area contributed by atoms with E-state index < -0.39 is 0 Å². The molecule has 0 bridgehead atoms. The van der Waals surface area contributed by atoms with E-state index >= 15 is 0 Å². The summed E-state index contributed by atoms with van der Waals surface area (Å²) in [4.78, 5) is 0. The van der Waals surface area contributed by atoms with Crippen molar-refractivity contribution in [1.29, 1.82) is 0 Å². The molecule has 2 heteroatoms. The Morgan fingerprint density at radius 1 is 0.850 bits per heavy atom. The van der Waals surface area contributed by atoms with Gasteiger partial charge in [-0.3, -0.25) is 0 Å². The average molecular weight is 277 g/mol. The molecule has 0 amide bonds. The highest BCUT2D eigenvalue weighted by Gasteiger charge is 2.11. The third-order valence-electron chi connectivity index (χ3n) is 4.09. The number of unbranched alkanes of at least 4 members (excludes halogenated alkanes) is 6. The van der Waals surface area contributed by atoms with Gasteiger partial charge in [-0.1, -0.05) is 65.2 Å². The fourth-order valence-electron chi connectivity index (χ4n) is 2.87. The molecule has 1 aromatic rings. The number of rotatable bonds is 11. The number of hydrogen-bond acceptors (Lipinski definition) is 1. The normalized spacial score (nSPS) is 12.5. The van der Waals surface area contributed by atoms with Gasteiger partial charge in [-0.05, 0) is 24.3 Å². The number of hydrogen-bond donors (Lipinski definition) is 0. The fraction of sp³-hybridized carbons (Fsp3) is 0.722. The summed E-state index contributed by atoms with van der Waals surface area (Å²) in [7, 11) is 0. The minimum atomic E-state index is 0.636. The van der Waals surface area contributed by atoms with Crippen LogP contribution in [0, 0.1) is 5.21 Å². The van der Waals surface area contributed by atoms with Gasteiger partial charge in [0.2, 0.25) is 0 Å². The summed E-state index contributed by atoms with van der Waals surface area (Å²) in [6, 6.07) is 3.99. The molecule has 0 aliphatic carbocycles. The zero-order chi connectivity index (χ0) is 14.6. The van der Waals surface area contributed by atoms with Crippen LogP contribution < -0.4 is 4.73 Å². The summed E-state index contributed by atoms with van der Waals surface area (Å²) in [5.74, 6) is 0.636. The van der Waals surface area contributed by atoms with Crippen LogP contribution in [0.2, 0.25) is 0 Å². The van der Waals surface area contributed by atoms with Crippen molar-refractivity contribution >= 4 is 0 Å². The van der Waals surface area contributed by atoms with E-state index in [0.29, 0.717) is 5.92 Å². The van der Waals surface area contributed by atoms with Crippen molar-refractivity contribution in [3.8, 4) is 0 Å². The molecule has 0 aromatic carbocycles. The van der Waals surface area contributed by atoms with Gasteiger partial charge >= 0.3 is 0 Å². The van der Waals surface area contributed by atoms with E-state index in [-0.39, 0.29) is 0 Å². The number of aromatic nitrogens is 1. The molecule has 20 heavy (non-hydrogen) atoms. The maximum absolute atomic E-state index is 11.1. The maximum Gasteiger partial charge on any atom is 0.180 e. The molecule has 0 spiro atoms. The first kappa shape index (κ1) is 17.0. The molecule has 0 aliphatic heterocycles. The van der Waals surface area contributed by atoms with Crippen LogP contribution in [0.1, 0.15) is 89.5 Å². The lowest BCUT2D eigenvalue weighted by Gasteiger charge is -2.16. The Kier molecular flexibility index (Phi) is 9.10. The Balaban J connectivity index is 2.27. The van der Waals surface area contributed by atoms with Crippen molar-refractivity contribution in [1.82, 2.24) is 0 Å². The summed E-state index contributed by atoms with van der Waals surface area (Å²) in [5, 5.41) is 11.1. The summed E-state index contributed by atoms with van der Waals surface area (Å²) < 4.78 is 0.875. The van der Waals surface area contributed by atoms with Gasteiger partial charge in [0, 0.05) is 12.1 Å². The average Bonchev–Trinajstić information content (AvgIpc) is 2.46. The van der Waals surface area contributed by atoms with Gasteiger partial charge in [-0.25, -0.2) is 0 Å². The van der Waals surface area contributed by atoms with Gasteiger partial charge in [-0.2, -0.15) is 4.73 Å². The largest absolute Gasteiger partial charge is 0.619 e. The maximum atomic E-state index is 11.1. The molecule has 0 saturated carbocycles. The smallest absolute Gasteiger partial charge is 0.180 e. The lowest BCUT2D eigenvalue weighted by atomic mass is 9.90. The van der Waals surface area contributed by atoms with E-state index in [2.05, 4.69) is 13.8 Å².